The van der Waals surface area contributed by atoms with Crippen molar-refractivity contribution in [3.05, 3.63) is 41.7 Å². The number of hydrogen-bond donors (Lipinski definition) is 1. The van der Waals surface area contributed by atoms with Crippen molar-refractivity contribution in [1.29, 1.82) is 0 Å². The Morgan fingerprint density at radius 3 is 2.64 bits per heavy atom. The third-order valence-corrected chi connectivity index (χ3v) is 6.15. The lowest BCUT2D eigenvalue weighted by molar-refractivity contribution is 0.595. The summed E-state index contributed by atoms with van der Waals surface area (Å²) in [6.07, 6.45) is 3.30. The summed E-state index contributed by atoms with van der Waals surface area (Å²) >= 11 is 7.55. The first kappa shape index (κ1) is 18.1. The molecule has 0 aliphatic rings. The van der Waals surface area contributed by atoms with Crippen molar-refractivity contribution < 1.29 is 8.42 Å². The summed E-state index contributed by atoms with van der Waals surface area (Å²) in [5, 5.41) is 4.01. The lowest BCUT2D eigenvalue weighted by Gasteiger charge is -2.14. The first-order chi connectivity index (χ1) is 11.8. The number of hydrogen-bond acceptors (Lipinski definition) is 6. The van der Waals surface area contributed by atoms with Gasteiger partial charge >= 0.3 is 0 Å². The number of aromatic nitrogens is 2. The van der Waals surface area contributed by atoms with Crippen molar-refractivity contribution in [2.75, 3.05) is 17.3 Å². The molecule has 0 saturated carbocycles. The molecule has 132 valence electrons. The Balaban J connectivity index is 1.85. The minimum absolute atomic E-state index is 0.00564. The van der Waals surface area contributed by atoms with E-state index < -0.39 is 9.84 Å². The highest BCUT2D eigenvalue weighted by Gasteiger charge is 2.13. The molecule has 0 spiro atoms. The number of nitrogens with one attached hydrogen (secondary N) is 1. The Morgan fingerprint density at radius 2 is 1.96 bits per heavy atom. The van der Waals surface area contributed by atoms with Gasteiger partial charge in [0, 0.05) is 22.2 Å². The number of rotatable bonds is 6. The van der Waals surface area contributed by atoms with E-state index in [1.165, 1.54) is 12.6 Å². The first-order valence-corrected chi connectivity index (χ1v) is 11.0. The molecule has 3 rings (SSSR count). The van der Waals surface area contributed by atoms with Crippen molar-refractivity contribution in [1.82, 2.24) is 9.97 Å². The zero-order valence-electron chi connectivity index (χ0n) is 13.9. The summed E-state index contributed by atoms with van der Waals surface area (Å²) in [5.41, 5.74) is 1.94. The molecule has 1 aromatic carbocycles. The fraction of sp³-hybridized carbons (Fsp3) is 0.294. The molecule has 0 bridgehead atoms. The van der Waals surface area contributed by atoms with E-state index in [4.69, 9.17) is 11.6 Å². The standard InChI is InChI=1S/C17H18ClN3O2S2/c1-11(7-8-25(2,22)23)21-17-16-14(19-10-20-17)9-15(24-16)12-3-5-13(18)6-4-12/h3-6,9-11H,7-8H2,1-2H3,(H,19,20,21). The predicted molar refractivity (Wildman–Crippen MR) is 105 cm³/mol. The molecule has 1 N–H and O–H groups in total. The lowest BCUT2D eigenvalue weighted by Crippen LogP contribution is -2.20. The number of sulfone groups is 1. The monoisotopic (exact) mass is 395 g/mol. The SMILES string of the molecule is CC(CCS(C)(=O)=O)Nc1ncnc2cc(-c3ccc(Cl)cc3)sc12. The quantitative estimate of drug-likeness (QED) is 0.675. The van der Waals surface area contributed by atoms with Crippen LogP contribution in [0.1, 0.15) is 13.3 Å². The van der Waals surface area contributed by atoms with E-state index in [9.17, 15) is 8.42 Å². The van der Waals surface area contributed by atoms with Crippen molar-refractivity contribution in [2.45, 2.75) is 19.4 Å². The van der Waals surface area contributed by atoms with Crippen LogP contribution in [0.3, 0.4) is 0 Å². The summed E-state index contributed by atoms with van der Waals surface area (Å²) in [5.74, 6) is 0.881. The van der Waals surface area contributed by atoms with E-state index in [1.54, 1.807) is 11.3 Å². The van der Waals surface area contributed by atoms with Crippen LogP contribution >= 0.6 is 22.9 Å². The average Bonchev–Trinajstić information content (AvgIpc) is 2.98. The molecule has 0 saturated heterocycles. The highest BCUT2D eigenvalue weighted by molar-refractivity contribution is 7.90. The van der Waals surface area contributed by atoms with Crippen LogP contribution in [-0.2, 0) is 9.84 Å². The van der Waals surface area contributed by atoms with Gasteiger partial charge in [-0.25, -0.2) is 18.4 Å². The number of benzene rings is 1. The molecule has 0 aliphatic carbocycles. The molecule has 1 atom stereocenters. The third-order valence-electron chi connectivity index (χ3n) is 3.74. The fourth-order valence-corrected chi connectivity index (χ4v) is 4.39. The largest absolute Gasteiger partial charge is 0.366 e. The highest BCUT2D eigenvalue weighted by Crippen LogP contribution is 2.36. The van der Waals surface area contributed by atoms with Gasteiger partial charge in [0.1, 0.15) is 22.0 Å². The van der Waals surface area contributed by atoms with Gasteiger partial charge in [-0.15, -0.1) is 11.3 Å². The molecule has 0 aliphatic heterocycles. The molecule has 8 heteroatoms. The summed E-state index contributed by atoms with van der Waals surface area (Å²) in [6, 6.07) is 9.69. The van der Waals surface area contributed by atoms with Crippen molar-refractivity contribution >= 4 is 48.8 Å². The average molecular weight is 396 g/mol. The second kappa shape index (κ2) is 7.27. The van der Waals surface area contributed by atoms with Crippen molar-refractivity contribution in [3.63, 3.8) is 0 Å². The van der Waals surface area contributed by atoms with Gasteiger partial charge in [0.2, 0.25) is 0 Å². The first-order valence-electron chi connectivity index (χ1n) is 7.76. The number of nitrogens with zero attached hydrogens (tertiary/aromatic N) is 2. The maximum absolute atomic E-state index is 11.3. The Labute approximate surface area is 156 Å². The number of anilines is 1. The van der Waals surface area contributed by atoms with Gasteiger partial charge in [-0.2, -0.15) is 0 Å². The van der Waals surface area contributed by atoms with E-state index in [0.29, 0.717) is 11.4 Å². The van der Waals surface area contributed by atoms with Gasteiger partial charge in [-0.05, 0) is 37.1 Å². The van der Waals surface area contributed by atoms with E-state index in [0.717, 1.165) is 26.5 Å². The second-order valence-corrected chi connectivity index (χ2v) is 9.77. The Bertz CT molecular complexity index is 985. The smallest absolute Gasteiger partial charge is 0.147 e. The number of thiophene rings is 1. The summed E-state index contributed by atoms with van der Waals surface area (Å²) < 4.78 is 23.6. The van der Waals surface area contributed by atoms with E-state index >= 15 is 0 Å². The van der Waals surface area contributed by atoms with Crippen LogP contribution in [0.2, 0.25) is 5.02 Å². The normalized spacial score (nSPS) is 13.1. The van der Waals surface area contributed by atoms with Gasteiger partial charge in [0.05, 0.1) is 16.0 Å². The van der Waals surface area contributed by atoms with E-state index in [-0.39, 0.29) is 11.8 Å². The molecule has 3 aromatic rings. The maximum atomic E-state index is 11.3. The number of fused-ring (bicyclic) bond motifs is 1. The minimum Gasteiger partial charge on any atom is -0.366 e. The molecule has 5 nitrogen and oxygen atoms in total. The molecule has 2 heterocycles. The molecule has 0 amide bonds. The lowest BCUT2D eigenvalue weighted by atomic mass is 10.2. The van der Waals surface area contributed by atoms with Crippen LogP contribution in [0.4, 0.5) is 5.82 Å². The van der Waals surface area contributed by atoms with E-state index in [1.807, 2.05) is 37.3 Å². The number of halogens is 1. The van der Waals surface area contributed by atoms with Crippen molar-refractivity contribution in [2.24, 2.45) is 0 Å². The van der Waals surface area contributed by atoms with Crippen LogP contribution in [0.5, 0.6) is 0 Å². The van der Waals surface area contributed by atoms with Crippen LogP contribution in [0.15, 0.2) is 36.7 Å². The Kier molecular flexibility index (Phi) is 5.27. The highest BCUT2D eigenvalue weighted by atomic mass is 35.5. The summed E-state index contributed by atoms with van der Waals surface area (Å²) in [4.78, 5) is 9.75. The van der Waals surface area contributed by atoms with Gasteiger partial charge in [-0.1, -0.05) is 23.7 Å². The topological polar surface area (TPSA) is 72.0 Å². The maximum Gasteiger partial charge on any atom is 0.147 e. The molecule has 2 aromatic heterocycles. The fourth-order valence-electron chi connectivity index (χ4n) is 2.41. The van der Waals surface area contributed by atoms with Crippen molar-refractivity contribution in [3.8, 4) is 10.4 Å². The molecular formula is C17H18ClN3O2S2. The zero-order valence-corrected chi connectivity index (χ0v) is 16.2. The molecule has 25 heavy (non-hydrogen) atoms. The minimum atomic E-state index is -2.97. The predicted octanol–water partition coefficient (Wildman–Crippen LogP) is 4.25. The van der Waals surface area contributed by atoms with Crippen LogP contribution in [0, 0.1) is 0 Å². The second-order valence-electron chi connectivity index (χ2n) is 6.02. The van der Waals surface area contributed by atoms with Gasteiger partial charge in [-0.3, -0.25) is 0 Å². The van der Waals surface area contributed by atoms with Crippen LogP contribution in [-0.4, -0.2) is 36.4 Å². The molecule has 0 radical (unpaired) electrons. The molecule has 1 unspecified atom stereocenters. The summed E-state index contributed by atoms with van der Waals surface area (Å²) in [6.45, 7) is 1.95. The summed E-state index contributed by atoms with van der Waals surface area (Å²) in [7, 11) is -2.97. The van der Waals surface area contributed by atoms with Crippen LogP contribution < -0.4 is 5.32 Å². The molecular weight excluding hydrogens is 378 g/mol. The Morgan fingerprint density at radius 1 is 1.24 bits per heavy atom. The van der Waals surface area contributed by atoms with Gasteiger partial charge in [0.25, 0.3) is 0 Å². The van der Waals surface area contributed by atoms with Gasteiger partial charge in [0.15, 0.2) is 0 Å². The van der Waals surface area contributed by atoms with Gasteiger partial charge < -0.3 is 5.32 Å². The Hall–Kier alpha value is -1.70. The molecule has 0 fully saturated rings. The van der Waals surface area contributed by atoms with E-state index in [2.05, 4.69) is 15.3 Å². The van der Waals surface area contributed by atoms with Crippen LogP contribution in [0.25, 0.3) is 20.7 Å². The zero-order chi connectivity index (χ0) is 18.0. The third kappa shape index (κ3) is 4.68.